The Morgan fingerprint density at radius 2 is 2.11 bits per heavy atom. The predicted molar refractivity (Wildman–Crippen MR) is 80.0 cm³/mol. The number of hydrogen-bond acceptors (Lipinski definition) is 5. The molecule has 0 aliphatic carbocycles. The molecule has 0 bridgehead atoms. The van der Waals surface area contributed by atoms with E-state index >= 15 is 0 Å². The van der Waals surface area contributed by atoms with E-state index in [-0.39, 0.29) is 6.09 Å². The Balaban J connectivity index is 1.80. The van der Waals surface area contributed by atoms with E-state index < -0.39 is 0 Å². The van der Waals surface area contributed by atoms with Crippen molar-refractivity contribution in [1.82, 2.24) is 14.9 Å². The van der Waals surface area contributed by atoms with E-state index in [0.717, 1.165) is 16.4 Å². The third kappa shape index (κ3) is 4.19. The molecule has 104 valence electrons. The van der Waals surface area contributed by atoms with Crippen LogP contribution in [0.2, 0.25) is 0 Å². The van der Waals surface area contributed by atoms with Gasteiger partial charge in [-0.3, -0.25) is 0 Å². The molecule has 1 aliphatic heterocycles. The number of rotatable bonds is 3. The van der Waals surface area contributed by atoms with Crippen LogP contribution in [0.5, 0.6) is 0 Å². The average Bonchev–Trinajstić information content (AvgIpc) is 2.42. The summed E-state index contributed by atoms with van der Waals surface area (Å²) in [5, 5.41) is 3.30. The Labute approximate surface area is 126 Å². The lowest BCUT2D eigenvalue weighted by atomic mass is 10.1. The van der Waals surface area contributed by atoms with E-state index in [1.165, 1.54) is 0 Å². The van der Waals surface area contributed by atoms with Crippen LogP contribution in [0.4, 0.5) is 10.7 Å². The number of hydrogen-bond donors (Lipinski definition) is 1. The van der Waals surface area contributed by atoms with Crippen molar-refractivity contribution in [3.63, 3.8) is 0 Å². The molecule has 0 aromatic carbocycles. The highest BCUT2D eigenvalue weighted by molar-refractivity contribution is 14.1. The van der Waals surface area contributed by atoms with Crippen LogP contribution in [-0.4, -0.2) is 46.7 Å². The van der Waals surface area contributed by atoms with Crippen molar-refractivity contribution in [2.45, 2.75) is 25.8 Å². The standard InChI is InChI=1S/C12H17IN4O2/c1-2-19-12(18)17-5-3-10(4-6-17)16-11-14-7-9(13)8-15-11/h7-8,10H,2-6H2,1H3,(H,14,15,16). The molecule has 19 heavy (non-hydrogen) atoms. The second-order valence-electron chi connectivity index (χ2n) is 4.33. The lowest BCUT2D eigenvalue weighted by molar-refractivity contribution is 0.0983. The van der Waals surface area contributed by atoms with Gasteiger partial charge in [0.25, 0.3) is 0 Å². The smallest absolute Gasteiger partial charge is 0.409 e. The van der Waals surface area contributed by atoms with Gasteiger partial charge >= 0.3 is 6.09 Å². The van der Waals surface area contributed by atoms with Gasteiger partial charge in [0.2, 0.25) is 5.95 Å². The topological polar surface area (TPSA) is 67.3 Å². The first-order chi connectivity index (χ1) is 9.19. The summed E-state index contributed by atoms with van der Waals surface area (Å²) in [5.41, 5.74) is 0. The summed E-state index contributed by atoms with van der Waals surface area (Å²) in [6, 6.07) is 0.311. The van der Waals surface area contributed by atoms with Crippen LogP contribution in [0.15, 0.2) is 12.4 Å². The zero-order valence-electron chi connectivity index (χ0n) is 10.8. The van der Waals surface area contributed by atoms with Gasteiger partial charge < -0.3 is 15.0 Å². The van der Waals surface area contributed by atoms with Gasteiger partial charge in [-0.2, -0.15) is 0 Å². The second-order valence-corrected chi connectivity index (χ2v) is 5.58. The molecular weight excluding hydrogens is 359 g/mol. The van der Waals surface area contributed by atoms with Crippen molar-refractivity contribution >= 4 is 34.6 Å². The monoisotopic (exact) mass is 376 g/mol. The van der Waals surface area contributed by atoms with Crippen molar-refractivity contribution in [3.05, 3.63) is 16.0 Å². The molecule has 1 amide bonds. The maximum atomic E-state index is 11.6. The summed E-state index contributed by atoms with van der Waals surface area (Å²) in [5.74, 6) is 0.648. The molecule has 0 spiro atoms. The number of carbonyl (C=O) groups excluding carboxylic acids is 1. The Hall–Kier alpha value is -1.12. The fourth-order valence-corrected chi connectivity index (χ4v) is 2.27. The normalized spacial score (nSPS) is 16.2. The van der Waals surface area contributed by atoms with Crippen molar-refractivity contribution in [2.24, 2.45) is 0 Å². The summed E-state index contributed by atoms with van der Waals surface area (Å²) in [7, 11) is 0. The number of carbonyl (C=O) groups is 1. The number of piperidine rings is 1. The van der Waals surface area contributed by atoms with Gasteiger partial charge in [0, 0.05) is 35.1 Å². The lowest BCUT2D eigenvalue weighted by Crippen LogP contribution is -2.42. The van der Waals surface area contributed by atoms with E-state index in [1.807, 2.05) is 6.92 Å². The van der Waals surface area contributed by atoms with Crippen molar-refractivity contribution in [2.75, 3.05) is 25.0 Å². The first kappa shape index (κ1) is 14.3. The predicted octanol–water partition coefficient (Wildman–Crippen LogP) is 2.11. The fraction of sp³-hybridized carbons (Fsp3) is 0.583. The van der Waals surface area contributed by atoms with E-state index in [1.54, 1.807) is 17.3 Å². The van der Waals surface area contributed by atoms with Crippen molar-refractivity contribution in [1.29, 1.82) is 0 Å². The maximum Gasteiger partial charge on any atom is 0.409 e. The molecule has 2 rings (SSSR count). The van der Waals surface area contributed by atoms with E-state index in [0.29, 0.717) is 31.7 Å². The number of ether oxygens (including phenoxy) is 1. The van der Waals surface area contributed by atoms with Crippen LogP contribution in [0, 0.1) is 3.57 Å². The molecule has 2 heterocycles. The van der Waals surface area contributed by atoms with Gasteiger partial charge in [0.05, 0.1) is 6.61 Å². The van der Waals surface area contributed by atoms with Crippen LogP contribution in [-0.2, 0) is 4.74 Å². The minimum atomic E-state index is -0.216. The summed E-state index contributed by atoms with van der Waals surface area (Å²) in [6.07, 6.45) is 5.11. The molecule has 1 saturated heterocycles. The van der Waals surface area contributed by atoms with E-state index in [4.69, 9.17) is 4.74 Å². The van der Waals surface area contributed by atoms with Crippen molar-refractivity contribution in [3.8, 4) is 0 Å². The molecule has 7 heteroatoms. The van der Waals surface area contributed by atoms with Gasteiger partial charge in [0.15, 0.2) is 0 Å². The minimum absolute atomic E-state index is 0.216. The molecule has 1 aromatic rings. The van der Waals surface area contributed by atoms with Crippen molar-refractivity contribution < 1.29 is 9.53 Å². The van der Waals surface area contributed by atoms with E-state index in [9.17, 15) is 4.79 Å². The number of anilines is 1. The Kier molecular flexibility index (Phi) is 5.17. The van der Waals surface area contributed by atoms with Gasteiger partial charge in [-0.05, 0) is 42.4 Å². The number of halogens is 1. The summed E-state index contributed by atoms with van der Waals surface area (Å²) < 4.78 is 6.00. The first-order valence-corrected chi connectivity index (χ1v) is 7.42. The highest BCUT2D eigenvalue weighted by atomic mass is 127. The third-order valence-corrected chi connectivity index (χ3v) is 3.53. The average molecular weight is 376 g/mol. The van der Waals surface area contributed by atoms with Gasteiger partial charge in [0.1, 0.15) is 0 Å². The number of amides is 1. The molecule has 1 aromatic heterocycles. The van der Waals surface area contributed by atoms with Crippen LogP contribution in [0.1, 0.15) is 19.8 Å². The highest BCUT2D eigenvalue weighted by Gasteiger charge is 2.23. The number of aromatic nitrogens is 2. The van der Waals surface area contributed by atoms with Gasteiger partial charge in [-0.15, -0.1) is 0 Å². The summed E-state index contributed by atoms with van der Waals surface area (Å²) in [4.78, 5) is 21.7. The lowest BCUT2D eigenvalue weighted by Gasteiger charge is -2.31. The third-order valence-electron chi connectivity index (χ3n) is 2.97. The first-order valence-electron chi connectivity index (χ1n) is 6.35. The summed E-state index contributed by atoms with van der Waals surface area (Å²) in [6.45, 7) is 3.66. The number of likely N-dealkylation sites (tertiary alicyclic amines) is 1. The molecule has 1 N–H and O–H groups in total. The number of nitrogens with one attached hydrogen (secondary N) is 1. The Morgan fingerprint density at radius 3 is 2.68 bits per heavy atom. The fourth-order valence-electron chi connectivity index (χ4n) is 1.99. The molecule has 1 fully saturated rings. The zero-order chi connectivity index (χ0) is 13.7. The van der Waals surface area contributed by atoms with Crippen LogP contribution in [0.3, 0.4) is 0 Å². The molecule has 0 radical (unpaired) electrons. The molecule has 1 aliphatic rings. The second kappa shape index (κ2) is 6.88. The minimum Gasteiger partial charge on any atom is -0.450 e. The molecule has 0 unspecified atom stereocenters. The maximum absolute atomic E-state index is 11.6. The summed E-state index contributed by atoms with van der Waals surface area (Å²) >= 11 is 2.17. The molecule has 0 saturated carbocycles. The Bertz CT molecular complexity index is 418. The zero-order valence-corrected chi connectivity index (χ0v) is 13.0. The van der Waals surface area contributed by atoms with E-state index in [2.05, 4.69) is 37.9 Å². The Morgan fingerprint density at radius 1 is 1.47 bits per heavy atom. The van der Waals surface area contributed by atoms with Crippen LogP contribution in [0.25, 0.3) is 0 Å². The number of nitrogens with zero attached hydrogens (tertiary/aromatic N) is 3. The SMILES string of the molecule is CCOC(=O)N1CCC(Nc2ncc(I)cn2)CC1. The molecule has 6 nitrogen and oxygen atoms in total. The van der Waals surface area contributed by atoms with Crippen LogP contribution >= 0.6 is 22.6 Å². The van der Waals surface area contributed by atoms with Crippen LogP contribution < -0.4 is 5.32 Å². The largest absolute Gasteiger partial charge is 0.450 e. The van der Waals surface area contributed by atoms with Gasteiger partial charge in [-0.1, -0.05) is 0 Å². The quantitative estimate of drug-likeness (QED) is 0.819. The molecule has 0 atom stereocenters. The molecular formula is C12H17IN4O2. The van der Waals surface area contributed by atoms with Gasteiger partial charge in [-0.25, -0.2) is 14.8 Å². The highest BCUT2D eigenvalue weighted by Crippen LogP contribution is 2.15.